The van der Waals surface area contributed by atoms with E-state index in [1.54, 1.807) is 0 Å². The van der Waals surface area contributed by atoms with E-state index in [-0.39, 0.29) is 0 Å². The molecule has 2 aliphatic rings. The van der Waals surface area contributed by atoms with Gasteiger partial charge in [0.1, 0.15) is 5.82 Å². The second-order valence-electron chi connectivity index (χ2n) is 8.10. The van der Waals surface area contributed by atoms with Gasteiger partial charge in [0.05, 0.1) is 17.7 Å². The van der Waals surface area contributed by atoms with E-state index in [1.165, 1.54) is 31.2 Å². The summed E-state index contributed by atoms with van der Waals surface area (Å²) in [6.07, 6.45) is 4.63. The predicted molar refractivity (Wildman–Crippen MR) is 108 cm³/mol. The van der Waals surface area contributed by atoms with Gasteiger partial charge in [0.25, 0.3) is 0 Å². The van der Waals surface area contributed by atoms with Crippen LogP contribution in [-0.4, -0.2) is 54.8 Å². The highest BCUT2D eigenvalue weighted by Gasteiger charge is 2.24. The lowest BCUT2D eigenvalue weighted by Crippen LogP contribution is -2.46. The Hall–Kier alpha value is -1.65. The Morgan fingerprint density at radius 3 is 2.50 bits per heavy atom. The highest BCUT2D eigenvalue weighted by atomic mass is 16.5. The van der Waals surface area contributed by atoms with E-state index in [0.29, 0.717) is 12.2 Å². The number of benzene rings is 1. The van der Waals surface area contributed by atoms with Crippen LogP contribution in [0, 0.1) is 5.92 Å². The Kier molecular flexibility index (Phi) is 5.41. The maximum Gasteiger partial charge on any atom is 0.129 e. The van der Waals surface area contributed by atoms with Gasteiger partial charge in [0, 0.05) is 31.6 Å². The smallest absolute Gasteiger partial charge is 0.129 e. The molecule has 0 saturated carbocycles. The molecular formula is C22H31N3O. The highest BCUT2D eigenvalue weighted by molar-refractivity contribution is 5.80. The fourth-order valence-electron chi connectivity index (χ4n) is 4.51. The zero-order valence-corrected chi connectivity index (χ0v) is 16.1. The van der Waals surface area contributed by atoms with Gasteiger partial charge in [-0.1, -0.05) is 18.2 Å². The first-order valence-corrected chi connectivity index (χ1v) is 10.2. The van der Waals surface area contributed by atoms with Crippen LogP contribution in [0.15, 0.2) is 36.4 Å². The lowest BCUT2D eigenvalue weighted by molar-refractivity contribution is -0.0690. The van der Waals surface area contributed by atoms with Crippen LogP contribution in [0.3, 0.4) is 0 Å². The quantitative estimate of drug-likeness (QED) is 0.832. The predicted octanol–water partition coefficient (Wildman–Crippen LogP) is 3.95. The number of nitrogens with zero attached hydrogens (tertiary/aromatic N) is 3. The van der Waals surface area contributed by atoms with Gasteiger partial charge in [-0.25, -0.2) is 4.98 Å². The van der Waals surface area contributed by atoms with Gasteiger partial charge in [0.15, 0.2) is 0 Å². The van der Waals surface area contributed by atoms with Crippen molar-refractivity contribution in [2.75, 3.05) is 37.6 Å². The van der Waals surface area contributed by atoms with E-state index < -0.39 is 0 Å². The summed E-state index contributed by atoms with van der Waals surface area (Å²) in [6, 6.07) is 12.8. The normalized spacial score (nSPS) is 25.7. The number of morpholine rings is 1. The molecule has 2 saturated heterocycles. The summed E-state index contributed by atoms with van der Waals surface area (Å²) in [5.41, 5.74) is 1.10. The first kappa shape index (κ1) is 17.7. The van der Waals surface area contributed by atoms with Crippen LogP contribution >= 0.6 is 0 Å². The SMILES string of the molecule is CC1CN(CCC2CCN(c3ccc4ccccc4n3)CC2)CC(C)O1. The number of aromatic nitrogens is 1. The Bertz CT molecular complexity index is 716. The average molecular weight is 354 g/mol. The van der Waals surface area contributed by atoms with E-state index in [2.05, 4.69) is 60.0 Å². The van der Waals surface area contributed by atoms with Crippen LogP contribution in [0.1, 0.15) is 33.1 Å². The molecule has 140 valence electrons. The molecule has 2 aromatic rings. The van der Waals surface area contributed by atoms with Crippen LogP contribution < -0.4 is 4.90 Å². The molecular weight excluding hydrogens is 322 g/mol. The number of piperidine rings is 1. The molecule has 1 aromatic heterocycles. The summed E-state index contributed by atoms with van der Waals surface area (Å²) in [7, 11) is 0. The number of rotatable bonds is 4. The van der Waals surface area contributed by atoms with Crippen molar-refractivity contribution in [3.8, 4) is 0 Å². The van der Waals surface area contributed by atoms with Crippen LogP contribution in [0.4, 0.5) is 5.82 Å². The van der Waals surface area contributed by atoms with Gasteiger partial charge in [-0.3, -0.25) is 4.90 Å². The Balaban J connectivity index is 1.28. The number of para-hydroxylation sites is 1. The molecule has 0 radical (unpaired) electrons. The van der Waals surface area contributed by atoms with Crippen LogP contribution in [0.25, 0.3) is 10.9 Å². The summed E-state index contributed by atoms with van der Waals surface area (Å²) in [5, 5.41) is 1.22. The minimum atomic E-state index is 0.375. The minimum Gasteiger partial charge on any atom is -0.373 e. The molecule has 4 heteroatoms. The highest BCUT2D eigenvalue weighted by Crippen LogP contribution is 2.26. The lowest BCUT2D eigenvalue weighted by Gasteiger charge is -2.37. The van der Waals surface area contributed by atoms with Crippen molar-refractivity contribution in [3.05, 3.63) is 36.4 Å². The standard InChI is InChI=1S/C22H31N3O/c1-17-15-24(16-18(2)26-17)12-9-19-10-13-25(14-11-19)22-8-7-20-5-3-4-6-21(20)23-22/h3-8,17-19H,9-16H2,1-2H3. The first-order chi connectivity index (χ1) is 12.7. The van der Waals surface area contributed by atoms with E-state index in [1.807, 2.05) is 0 Å². The summed E-state index contributed by atoms with van der Waals surface area (Å²) in [5.74, 6) is 1.98. The van der Waals surface area contributed by atoms with Crippen molar-refractivity contribution in [1.29, 1.82) is 0 Å². The van der Waals surface area contributed by atoms with Gasteiger partial charge in [-0.15, -0.1) is 0 Å². The third-order valence-electron chi connectivity index (χ3n) is 5.87. The fraction of sp³-hybridized carbons (Fsp3) is 0.591. The molecule has 4 rings (SSSR count). The minimum absolute atomic E-state index is 0.375. The molecule has 0 bridgehead atoms. The third-order valence-corrected chi connectivity index (χ3v) is 5.87. The molecule has 3 heterocycles. The second-order valence-corrected chi connectivity index (χ2v) is 8.10. The van der Waals surface area contributed by atoms with Crippen LogP contribution in [0.5, 0.6) is 0 Å². The molecule has 2 atom stereocenters. The average Bonchev–Trinajstić information content (AvgIpc) is 2.66. The summed E-state index contributed by atoms with van der Waals surface area (Å²) in [4.78, 5) is 9.92. The van der Waals surface area contributed by atoms with Gasteiger partial charge >= 0.3 is 0 Å². The lowest BCUT2D eigenvalue weighted by atomic mass is 9.93. The van der Waals surface area contributed by atoms with Gasteiger partial charge in [-0.2, -0.15) is 0 Å². The molecule has 0 aliphatic carbocycles. The van der Waals surface area contributed by atoms with E-state index in [9.17, 15) is 0 Å². The molecule has 4 nitrogen and oxygen atoms in total. The third kappa shape index (κ3) is 4.18. The maximum absolute atomic E-state index is 5.85. The zero-order valence-electron chi connectivity index (χ0n) is 16.1. The molecule has 2 aliphatic heterocycles. The van der Waals surface area contributed by atoms with Gasteiger partial charge < -0.3 is 9.64 Å². The number of fused-ring (bicyclic) bond motifs is 1. The molecule has 1 aromatic carbocycles. The Morgan fingerprint density at radius 1 is 1.00 bits per heavy atom. The Labute approximate surface area is 157 Å². The van der Waals surface area contributed by atoms with E-state index in [0.717, 1.165) is 43.4 Å². The topological polar surface area (TPSA) is 28.6 Å². The first-order valence-electron chi connectivity index (χ1n) is 10.2. The van der Waals surface area contributed by atoms with Crippen molar-refractivity contribution >= 4 is 16.7 Å². The van der Waals surface area contributed by atoms with Crippen molar-refractivity contribution in [1.82, 2.24) is 9.88 Å². The van der Waals surface area contributed by atoms with E-state index in [4.69, 9.17) is 9.72 Å². The number of anilines is 1. The molecule has 26 heavy (non-hydrogen) atoms. The Morgan fingerprint density at radius 2 is 1.73 bits per heavy atom. The van der Waals surface area contributed by atoms with Gasteiger partial charge in [-0.05, 0) is 63.8 Å². The largest absolute Gasteiger partial charge is 0.373 e. The summed E-state index contributed by atoms with van der Waals surface area (Å²) in [6.45, 7) is 10.0. The number of hydrogen-bond donors (Lipinski definition) is 0. The molecule has 2 unspecified atom stereocenters. The van der Waals surface area contributed by atoms with Crippen molar-refractivity contribution in [3.63, 3.8) is 0 Å². The number of pyridine rings is 1. The number of hydrogen-bond acceptors (Lipinski definition) is 4. The van der Waals surface area contributed by atoms with E-state index >= 15 is 0 Å². The molecule has 0 spiro atoms. The number of ether oxygens (including phenoxy) is 1. The molecule has 0 N–H and O–H groups in total. The van der Waals surface area contributed by atoms with Crippen LogP contribution in [0.2, 0.25) is 0 Å². The van der Waals surface area contributed by atoms with Crippen molar-refractivity contribution in [2.45, 2.75) is 45.3 Å². The molecule has 0 amide bonds. The summed E-state index contributed by atoms with van der Waals surface area (Å²) < 4.78 is 5.85. The fourth-order valence-corrected chi connectivity index (χ4v) is 4.51. The molecule has 2 fully saturated rings. The zero-order chi connectivity index (χ0) is 17.9. The van der Waals surface area contributed by atoms with Crippen molar-refractivity contribution in [2.24, 2.45) is 5.92 Å². The van der Waals surface area contributed by atoms with Crippen molar-refractivity contribution < 1.29 is 4.74 Å². The second kappa shape index (κ2) is 7.93. The maximum atomic E-state index is 5.85. The monoisotopic (exact) mass is 353 g/mol. The van der Waals surface area contributed by atoms with Gasteiger partial charge in [0.2, 0.25) is 0 Å². The summed E-state index contributed by atoms with van der Waals surface area (Å²) >= 11 is 0. The van der Waals surface area contributed by atoms with Crippen LogP contribution in [-0.2, 0) is 4.74 Å².